The van der Waals surface area contributed by atoms with Gasteiger partial charge in [-0.25, -0.2) is 0 Å². The first-order valence-electron chi connectivity index (χ1n) is 7.90. The fourth-order valence-corrected chi connectivity index (χ4v) is 4.23. The van der Waals surface area contributed by atoms with Crippen LogP contribution in [0.5, 0.6) is 5.75 Å². The van der Waals surface area contributed by atoms with E-state index in [2.05, 4.69) is 17.2 Å². The molecule has 0 saturated heterocycles. The van der Waals surface area contributed by atoms with E-state index in [0.29, 0.717) is 6.04 Å². The average molecular weight is 274 g/mol. The Hall–Kier alpha value is -1.09. The summed E-state index contributed by atoms with van der Waals surface area (Å²) in [5, 5.41) is 3.69. The van der Waals surface area contributed by atoms with Crippen LogP contribution < -0.4 is 10.1 Å². The molecule has 0 aromatic carbocycles. The number of nitrogens with zero attached hydrogens (tertiary/aromatic N) is 1. The van der Waals surface area contributed by atoms with Crippen LogP contribution in [0.25, 0.3) is 0 Å². The SMILES string of the molecule is COc1cc(C)nc(CNC(C)C2CC3CCC2C3)c1. The lowest BCUT2D eigenvalue weighted by molar-refractivity contribution is 0.259. The van der Waals surface area contributed by atoms with Gasteiger partial charge in [0.1, 0.15) is 5.75 Å². The summed E-state index contributed by atoms with van der Waals surface area (Å²) in [7, 11) is 1.71. The summed E-state index contributed by atoms with van der Waals surface area (Å²) in [6, 6.07) is 4.61. The molecule has 4 atom stereocenters. The Morgan fingerprint density at radius 1 is 1.35 bits per heavy atom. The number of rotatable bonds is 5. The van der Waals surface area contributed by atoms with Gasteiger partial charge in [-0.3, -0.25) is 4.98 Å². The predicted octanol–water partition coefficient (Wildman–Crippen LogP) is 3.31. The Bertz CT molecular complexity index is 474. The second-order valence-electron chi connectivity index (χ2n) is 6.65. The summed E-state index contributed by atoms with van der Waals surface area (Å²) < 4.78 is 5.31. The normalized spacial score (nSPS) is 29.6. The molecule has 3 rings (SSSR count). The first kappa shape index (κ1) is 13.9. The van der Waals surface area contributed by atoms with Crippen molar-refractivity contribution in [3.05, 3.63) is 23.5 Å². The van der Waals surface area contributed by atoms with Crippen LogP contribution in [0.3, 0.4) is 0 Å². The van der Waals surface area contributed by atoms with Gasteiger partial charge in [0.2, 0.25) is 0 Å². The fraction of sp³-hybridized carbons (Fsp3) is 0.706. The summed E-state index contributed by atoms with van der Waals surface area (Å²) >= 11 is 0. The minimum Gasteiger partial charge on any atom is -0.497 e. The van der Waals surface area contributed by atoms with Crippen LogP contribution in [-0.4, -0.2) is 18.1 Å². The van der Waals surface area contributed by atoms with E-state index in [1.807, 2.05) is 19.1 Å². The highest BCUT2D eigenvalue weighted by Crippen LogP contribution is 2.49. The molecule has 20 heavy (non-hydrogen) atoms. The smallest absolute Gasteiger partial charge is 0.122 e. The summed E-state index contributed by atoms with van der Waals surface area (Å²) in [5.41, 5.74) is 2.10. The van der Waals surface area contributed by atoms with Gasteiger partial charge in [-0.05, 0) is 50.9 Å². The molecule has 1 heterocycles. The molecule has 0 radical (unpaired) electrons. The highest BCUT2D eigenvalue weighted by molar-refractivity contribution is 5.26. The zero-order chi connectivity index (χ0) is 14.1. The number of aromatic nitrogens is 1. The molecular formula is C17H26N2O. The van der Waals surface area contributed by atoms with Crippen molar-refractivity contribution in [2.24, 2.45) is 17.8 Å². The van der Waals surface area contributed by atoms with Crippen molar-refractivity contribution in [1.29, 1.82) is 0 Å². The number of methoxy groups -OCH3 is 1. The van der Waals surface area contributed by atoms with Crippen molar-refractivity contribution in [1.82, 2.24) is 10.3 Å². The maximum atomic E-state index is 5.31. The van der Waals surface area contributed by atoms with E-state index in [1.165, 1.54) is 25.7 Å². The van der Waals surface area contributed by atoms with Crippen molar-refractivity contribution < 1.29 is 4.74 Å². The zero-order valence-electron chi connectivity index (χ0n) is 12.9. The average Bonchev–Trinajstić information content (AvgIpc) is 3.06. The number of aryl methyl sites for hydroxylation is 1. The molecule has 2 aliphatic carbocycles. The lowest BCUT2D eigenvalue weighted by Crippen LogP contribution is -2.36. The lowest BCUT2D eigenvalue weighted by atomic mass is 9.84. The van der Waals surface area contributed by atoms with Crippen molar-refractivity contribution in [2.75, 3.05) is 7.11 Å². The van der Waals surface area contributed by atoms with Crippen LogP contribution in [0.1, 0.15) is 44.0 Å². The van der Waals surface area contributed by atoms with Gasteiger partial charge in [0.05, 0.1) is 12.8 Å². The third-order valence-electron chi connectivity index (χ3n) is 5.26. The molecule has 1 N–H and O–H groups in total. The third kappa shape index (κ3) is 2.83. The number of pyridine rings is 1. The van der Waals surface area contributed by atoms with E-state index in [4.69, 9.17) is 4.74 Å². The van der Waals surface area contributed by atoms with Gasteiger partial charge in [0.25, 0.3) is 0 Å². The van der Waals surface area contributed by atoms with Crippen molar-refractivity contribution in [2.45, 2.75) is 52.1 Å². The predicted molar refractivity (Wildman–Crippen MR) is 80.8 cm³/mol. The van der Waals surface area contributed by atoms with Gasteiger partial charge in [-0.15, -0.1) is 0 Å². The second-order valence-corrected chi connectivity index (χ2v) is 6.65. The molecule has 3 heteroatoms. The first-order chi connectivity index (χ1) is 9.65. The lowest BCUT2D eigenvalue weighted by Gasteiger charge is -2.28. The fourth-order valence-electron chi connectivity index (χ4n) is 4.23. The number of nitrogens with one attached hydrogen (secondary N) is 1. The molecule has 1 aromatic rings. The third-order valence-corrected chi connectivity index (χ3v) is 5.26. The molecule has 110 valence electrons. The standard InChI is InChI=1S/C17H26N2O/c1-11-6-16(20-3)9-15(19-11)10-18-12(2)17-8-13-4-5-14(17)7-13/h6,9,12-14,17-18H,4-5,7-8,10H2,1-3H3. The van der Waals surface area contributed by atoms with Crippen LogP contribution in [0.15, 0.2) is 12.1 Å². The van der Waals surface area contributed by atoms with Crippen LogP contribution in [0.2, 0.25) is 0 Å². The Balaban J connectivity index is 1.57. The molecule has 1 aromatic heterocycles. The van der Waals surface area contributed by atoms with Crippen molar-refractivity contribution in [3.8, 4) is 5.75 Å². The monoisotopic (exact) mass is 274 g/mol. The van der Waals surface area contributed by atoms with Gasteiger partial charge in [-0.2, -0.15) is 0 Å². The summed E-state index contributed by atoms with van der Waals surface area (Å²) in [6.07, 6.45) is 5.85. The molecule has 4 unspecified atom stereocenters. The summed E-state index contributed by atoms with van der Waals surface area (Å²) in [5.74, 6) is 3.77. The van der Waals surface area contributed by atoms with E-state index in [-0.39, 0.29) is 0 Å². The zero-order valence-corrected chi connectivity index (χ0v) is 12.9. The minimum absolute atomic E-state index is 0.596. The highest BCUT2D eigenvalue weighted by atomic mass is 16.5. The molecular weight excluding hydrogens is 248 g/mol. The largest absolute Gasteiger partial charge is 0.497 e. The highest BCUT2D eigenvalue weighted by Gasteiger charge is 2.41. The van der Waals surface area contributed by atoms with Gasteiger partial charge < -0.3 is 10.1 Å². The molecule has 3 nitrogen and oxygen atoms in total. The summed E-state index contributed by atoms with van der Waals surface area (Å²) in [4.78, 5) is 4.59. The topological polar surface area (TPSA) is 34.1 Å². The second kappa shape index (κ2) is 5.72. The molecule has 2 saturated carbocycles. The molecule has 0 amide bonds. The number of hydrogen-bond acceptors (Lipinski definition) is 3. The first-order valence-corrected chi connectivity index (χ1v) is 7.90. The van der Waals surface area contributed by atoms with Crippen LogP contribution in [0, 0.1) is 24.7 Å². The Morgan fingerprint density at radius 2 is 2.20 bits per heavy atom. The van der Waals surface area contributed by atoms with Gasteiger partial charge in [-0.1, -0.05) is 6.42 Å². The number of ether oxygens (including phenoxy) is 1. The Labute approximate surface area is 122 Å². The quantitative estimate of drug-likeness (QED) is 0.894. The van der Waals surface area contributed by atoms with E-state index in [1.54, 1.807) is 7.11 Å². The number of hydrogen-bond donors (Lipinski definition) is 1. The maximum absolute atomic E-state index is 5.31. The van der Waals surface area contributed by atoms with Gasteiger partial charge in [0, 0.05) is 30.4 Å². The molecule has 2 fully saturated rings. The van der Waals surface area contributed by atoms with E-state index < -0.39 is 0 Å². The molecule has 0 aliphatic heterocycles. The number of fused-ring (bicyclic) bond motifs is 2. The van der Waals surface area contributed by atoms with Crippen LogP contribution in [-0.2, 0) is 6.54 Å². The maximum Gasteiger partial charge on any atom is 0.122 e. The van der Waals surface area contributed by atoms with Crippen molar-refractivity contribution >= 4 is 0 Å². The van der Waals surface area contributed by atoms with Gasteiger partial charge in [0.15, 0.2) is 0 Å². The van der Waals surface area contributed by atoms with Gasteiger partial charge >= 0.3 is 0 Å². The van der Waals surface area contributed by atoms with E-state index in [0.717, 1.165) is 41.4 Å². The summed E-state index contributed by atoms with van der Waals surface area (Å²) in [6.45, 7) is 5.21. The van der Waals surface area contributed by atoms with Crippen LogP contribution in [0.4, 0.5) is 0 Å². The van der Waals surface area contributed by atoms with Crippen LogP contribution >= 0.6 is 0 Å². The van der Waals surface area contributed by atoms with E-state index in [9.17, 15) is 0 Å². The van der Waals surface area contributed by atoms with Crippen molar-refractivity contribution in [3.63, 3.8) is 0 Å². The van der Waals surface area contributed by atoms with E-state index >= 15 is 0 Å². The molecule has 0 spiro atoms. The Morgan fingerprint density at radius 3 is 2.85 bits per heavy atom. The molecule has 2 bridgehead atoms. The Kier molecular flexibility index (Phi) is 3.97. The minimum atomic E-state index is 0.596. The molecule has 2 aliphatic rings.